The van der Waals surface area contributed by atoms with Gasteiger partial charge in [0, 0.05) is 0 Å². The molecule has 0 fully saturated rings. The highest BCUT2D eigenvalue weighted by molar-refractivity contribution is 5.82. The summed E-state index contributed by atoms with van der Waals surface area (Å²) in [6.45, 7) is 5.79. The number of hydrogen-bond acceptors (Lipinski definition) is 1. The van der Waals surface area contributed by atoms with Gasteiger partial charge >= 0.3 is 5.97 Å². The van der Waals surface area contributed by atoms with Gasteiger partial charge in [-0.15, -0.1) is 0 Å². The highest BCUT2D eigenvalue weighted by Crippen LogP contribution is 2.31. The number of carbonyl (C=O) groups is 1. The molecule has 2 nitrogen and oxygen atoms in total. The Balaban J connectivity index is 2.46. The van der Waals surface area contributed by atoms with Gasteiger partial charge in [-0.3, -0.25) is 4.79 Å². The molecule has 2 aromatic rings. The van der Waals surface area contributed by atoms with Crippen molar-refractivity contribution in [1.82, 2.24) is 0 Å². The second kappa shape index (κ2) is 5.49. The number of aliphatic carboxylic acids is 1. The molecular formula is C18H20O2. The van der Waals surface area contributed by atoms with Crippen LogP contribution >= 0.6 is 0 Å². The Morgan fingerprint density at radius 3 is 2.40 bits per heavy atom. The van der Waals surface area contributed by atoms with Gasteiger partial charge in [0.1, 0.15) is 0 Å². The minimum atomic E-state index is -0.904. The Kier molecular flexibility index (Phi) is 3.93. The van der Waals surface area contributed by atoms with Crippen molar-refractivity contribution in [3.8, 4) is 0 Å². The van der Waals surface area contributed by atoms with Crippen LogP contribution in [0.25, 0.3) is 0 Å². The first-order valence-electron chi connectivity index (χ1n) is 6.78. The zero-order valence-corrected chi connectivity index (χ0v) is 12.2. The van der Waals surface area contributed by atoms with Crippen LogP contribution in [0.15, 0.2) is 48.5 Å². The average Bonchev–Trinajstić information content (AvgIpc) is 2.38. The third-order valence-electron chi connectivity index (χ3n) is 3.85. The lowest BCUT2D eigenvalue weighted by Crippen LogP contribution is -2.35. The van der Waals surface area contributed by atoms with Gasteiger partial charge in [-0.05, 0) is 43.9 Å². The van der Waals surface area contributed by atoms with Gasteiger partial charge in [0.15, 0.2) is 0 Å². The molecule has 0 bridgehead atoms. The number of rotatable bonds is 4. The van der Waals surface area contributed by atoms with Gasteiger partial charge in [-0.25, -0.2) is 0 Å². The monoisotopic (exact) mass is 268 g/mol. The Morgan fingerprint density at radius 2 is 1.80 bits per heavy atom. The first-order valence-corrected chi connectivity index (χ1v) is 6.78. The van der Waals surface area contributed by atoms with Crippen LogP contribution in [0, 0.1) is 13.8 Å². The molecule has 0 aliphatic heterocycles. The van der Waals surface area contributed by atoms with Gasteiger partial charge in [0.2, 0.25) is 0 Å². The van der Waals surface area contributed by atoms with E-state index in [9.17, 15) is 9.90 Å². The number of carboxylic acids is 1. The van der Waals surface area contributed by atoms with Crippen molar-refractivity contribution in [2.24, 2.45) is 0 Å². The second-order valence-corrected chi connectivity index (χ2v) is 5.62. The number of benzene rings is 2. The molecule has 1 atom stereocenters. The van der Waals surface area contributed by atoms with Crippen LogP contribution in [0.1, 0.15) is 29.2 Å². The van der Waals surface area contributed by atoms with Crippen molar-refractivity contribution in [3.63, 3.8) is 0 Å². The van der Waals surface area contributed by atoms with E-state index in [0.29, 0.717) is 6.42 Å². The fourth-order valence-corrected chi connectivity index (χ4v) is 2.71. The third kappa shape index (κ3) is 2.74. The zero-order chi connectivity index (χ0) is 14.8. The molecule has 1 unspecified atom stereocenters. The number of aryl methyl sites for hydroxylation is 2. The Hall–Kier alpha value is -2.09. The van der Waals surface area contributed by atoms with Gasteiger partial charge in [0.25, 0.3) is 0 Å². The lowest BCUT2D eigenvalue weighted by Gasteiger charge is -2.27. The van der Waals surface area contributed by atoms with E-state index < -0.39 is 11.4 Å². The Morgan fingerprint density at radius 1 is 1.10 bits per heavy atom. The van der Waals surface area contributed by atoms with E-state index in [1.54, 1.807) is 6.92 Å². The lowest BCUT2D eigenvalue weighted by atomic mass is 9.75. The molecule has 0 aromatic heterocycles. The summed E-state index contributed by atoms with van der Waals surface area (Å²) in [6.07, 6.45) is 0.495. The van der Waals surface area contributed by atoms with Crippen molar-refractivity contribution in [1.29, 1.82) is 0 Å². The van der Waals surface area contributed by atoms with E-state index in [4.69, 9.17) is 0 Å². The number of carboxylic acid groups (broad SMARTS) is 1. The summed E-state index contributed by atoms with van der Waals surface area (Å²) in [4.78, 5) is 11.9. The van der Waals surface area contributed by atoms with Crippen molar-refractivity contribution in [2.45, 2.75) is 32.6 Å². The maximum atomic E-state index is 11.9. The standard InChI is InChI=1S/C18H20O2/c1-13-7-6-9-15(11-13)12-18(3,17(19)20)16-10-5-4-8-14(16)2/h4-11H,12H2,1-3H3,(H,19,20). The molecule has 0 saturated heterocycles. The number of hydrogen-bond donors (Lipinski definition) is 1. The molecule has 20 heavy (non-hydrogen) atoms. The van der Waals surface area contributed by atoms with Crippen molar-refractivity contribution in [3.05, 3.63) is 70.8 Å². The lowest BCUT2D eigenvalue weighted by molar-refractivity contribution is -0.143. The average molecular weight is 268 g/mol. The van der Waals surface area contributed by atoms with Crippen molar-refractivity contribution in [2.75, 3.05) is 0 Å². The van der Waals surface area contributed by atoms with Crippen LogP contribution in [0.4, 0.5) is 0 Å². The van der Waals surface area contributed by atoms with E-state index in [1.807, 2.05) is 56.3 Å². The SMILES string of the molecule is Cc1cccc(CC(C)(C(=O)O)c2ccccc2C)c1. The van der Waals surface area contributed by atoms with E-state index in [0.717, 1.165) is 22.3 Å². The van der Waals surface area contributed by atoms with Crippen LogP contribution < -0.4 is 0 Å². The zero-order valence-electron chi connectivity index (χ0n) is 12.2. The molecule has 0 saturated carbocycles. The van der Waals surface area contributed by atoms with Crippen LogP contribution in [-0.2, 0) is 16.6 Å². The molecule has 0 aliphatic carbocycles. The largest absolute Gasteiger partial charge is 0.481 e. The summed E-state index contributed by atoms with van der Waals surface area (Å²) in [5.74, 6) is -0.784. The molecule has 0 amide bonds. The van der Waals surface area contributed by atoms with Crippen molar-refractivity contribution >= 4 is 5.97 Å². The smallest absolute Gasteiger partial charge is 0.314 e. The van der Waals surface area contributed by atoms with Crippen LogP contribution in [0.3, 0.4) is 0 Å². The van der Waals surface area contributed by atoms with E-state index in [1.165, 1.54) is 0 Å². The highest BCUT2D eigenvalue weighted by atomic mass is 16.4. The first kappa shape index (κ1) is 14.3. The van der Waals surface area contributed by atoms with E-state index in [-0.39, 0.29) is 0 Å². The Labute approximate surface area is 120 Å². The summed E-state index contributed by atoms with van der Waals surface area (Å²) in [5, 5.41) is 9.74. The summed E-state index contributed by atoms with van der Waals surface area (Å²) in [7, 11) is 0. The third-order valence-corrected chi connectivity index (χ3v) is 3.85. The van der Waals surface area contributed by atoms with Crippen LogP contribution in [0.2, 0.25) is 0 Å². The quantitative estimate of drug-likeness (QED) is 0.913. The summed E-state index contributed by atoms with van der Waals surface area (Å²) in [6, 6.07) is 15.8. The molecular weight excluding hydrogens is 248 g/mol. The predicted molar refractivity (Wildman–Crippen MR) is 81.0 cm³/mol. The Bertz CT molecular complexity index is 631. The maximum absolute atomic E-state index is 11.9. The molecule has 2 aromatic carbocycles. The van der Waals surface area contributed by atoms with Crippen LogP contribution in [-0.4, -0.2) is 11.1 Å². The van der Waals surface area contributed by atoms with Gasteiger partial charge in [-0.2, -0.15) is 0 Å². The van der Waals surface area contributed by atoms with E-state index >= 15 is 0 Å². The minimum Gasteiger partial charge on any atom is -0.481 e. The maximum Gasteiger partial charge on any atom is 0.314 e. The van der Waals surface area contributed by atoms with Gasteiger partial charge in [-0.1, -0.05) is 54.1 Å². The first-order chi connectivity index (χ1) is 9.43. The second-order valence-electron chi connectivity index (χ2n) is 5.62. The summed E-state index contributed by atoms with van der Waals surface area (Å²) < 4.78 is 0. The molecule has 1 N–H and O–H groups in total. The van der Waals surface area contributed by atoms with Crippen molar-refractivity contribution < 1.29 is 9.90 Å². The van der Waals surface area contributed by atoms with Gasteiger partial charge < -0.3 is 5.11 Å². The molecule has 2 heteroatoms. The fourth-order valence-electron chi connectivity index (χ4n) is 2.71. The molecule has 0 heterocycles. The predicted octanol–water partition coefficient (Wildman–Crippen LogP) is 3.89. The molecule has 104 valence electrons. The molecule has 0 spiro atoms. The highest BCUT2D eigenvalue weighted by Gasteiger charge is 2.36. The van der Waals surface area contributed by atoms with Crippen LogP contribution in [0.5, 0.6) is 0 Å². The fraction of sp³-hybridized carbons (Fsp3) is 0.278. The summed E-state index contributed by atoms with van der Waals surface area (Å²) in [5.41, 5.74) is 3.20. The normalized spacial score (nSPS) is 13.8. The van der Waals surface area contributed by atoms with E-state index in [2.05, 4.69) is 6.07 Å². The molecule has 0 radical (unpaired) electrons. The summed E-state index contributed by atoms with van der Waals surface area (Å²) >= 11 is 0. The molecule has 2 rings (SSSR count). The molecule has 0 aliphatic rings. The topological polar surface area (TPSA) is 37.3 Å². The van der Waals surface area contributed by atoms with Gasteiger partial charge in [0.05, 0.1) is 5.41 Å². The minimum absolute atomic E-state index is 0.495.